The molecule has 7 N–H and O–H groups in total. The molecule has 9 atom stereocenters. The number of anilines is 2. The molecule has 4 aromatic heterocycles. The molecule has 7 heterocycles. The Hall–Kier alpha value is -4.28. The summed E-state index contributed by atoms with van der Waals surface area (Å²) < 4.78 is 91.7. The quantitative estimate of drug-likeness (QED) is 0.0762. The van der Waals surface area contributed by atoms with Crippen LogP contribution in [0, 0.1) is 6.92 Å². The van der Waals surface area contributed by atoms with Crippen molar-refractivity contribution in [3.8, 4) is 0 Å². The van der Waals surface area contributed by atoms with Crippen LogP contribution in [0.5, 0.6) is 0 Å². The summed E-state index contributed by atoms with van der Waals surface area (Å²) in [6.45, 7) is 0.861. The van der Waals surface area contributed by atoms with Gasteiger partial charge >= 0.3 is 26.7 Å². The lowest BCUT2D eigenvalue weighted by atomic mass is 10.3. The van der Waals surface area contributed by atoms with E-state index in [0.29, 0.717) is 6.54 Å². The molecule has 9 unspecified atom stereocenters. The van der Waals surface area contributed by atoms with E-state index in [0.717, 1.165) is 0 Å². The van der Waals surface area contributed by atoms with Crippen molar-refractivity contribution in [3.05, 3.63) is 72.0 Å². The number of morpholine rings is 3. The van der Waals surface area contributed by atoms with Crippen LogP contribution in [0.4, 0.5) is 11.8 Å². The predicted octanol–water partition coefficient (Wildman–Crippen LogP) is -1.37. The second kappa shape index (κ2) is 20.8. The highest BCUT2D eigenvalue weighted by atomic mass is 31.2. The van der Waals surface area contributed by atoms with Crippen LogP contribution in [0.1, 0.15) is 24.2 Å². The highest BCUT2D eigenvalue weighted by Gasteiger charge is 2.46. The number of aromatic amines is 2. The van der Waals surface area contributed by atoms with E-state index in [2.05, 4.69) is 30.2 Å². The van der Waals surface area contributed by atoms with Gasteiger partial charge in [0.15, 0.2) is 23.6 Å². The van der Waals surface area contributed by atoms with E-state index in [9.17, 15) is 23.7 Å². The summed E-state index contributed by atoms with van der Waals surface area (Å²) in [4.78, 5) is 67.8. The summed E-state index contributed by atoms with van der Waals surface area (Å²) in [6, 6.07) is 1.47. The van der Waals surface area contributed by atoms with E-state index >= 15 is 9.13 Å². The number of nitrogens with zero attached hydrogens (tertiary/aromatic N) is 11. The Morgan fingerprint density at radius 2 is 1.37 bits per heavy atom. The number of fused-ring (bicyclic) bond motifs is 1. The van der Waals surface area contributed by atoms with Crippen molar-refractivity contribution in [2.24, 2.45) is 0 Å². The van der Waals surface area contributed by atoms with Gasteiger partial charge in [-0.15, -0.1) is 0 Å². The van der Waals surface area contributed by atoms with Crippen LogP contribution in [0.25, 0.3) is 11.2 Å². The lowest BCUT2D eigenvalue weighted by Crippen LogP contribution is -2.51. The van der Waals surface area contributed by atoms with Crippen LogP contribution in [0.15, 0.2) is 44.0 Å². The van der Waals surface area contributed by atoms with E-state index in [4.69, 9.17) is 39.2 Å². The normalized spacial score (nSPS) is 25.7. The molecule has 0 amide bonds. The minimum atomic E-state index is -4.11. The predicted molar refractivity (Wildman–Crippen MR) is 242 cm³/mol. The molecule has 0 radical (unpaired) electrons. The molecule has 4 aromatic rings. The monoisotopic (exact) mass is 1000 g/mol. The van der Waals surface area contributed by atoms with Crippen LogP contribution >= 0.6 is 23.5 Å². The molecule has 0 aliphatic carbocycles. The molecular weight excluding hydrogens is 945 g/mol. The molecule has 29 nitrogen and oxygen atoms in total. The topological polar surface area (TPSA) is 340 Å². The maximum Gasteiger partial charge on any atom is 0.351 e. The van der Waals surface area contributed by atoms with Gasteiger partial charge in [-0.05, 0) is 55.3 Å². The number of hydrogen-bond acceptors (Lipinski definition) is 19. The Morgan fingerprint density at radius 3 is 1.99 bits per heavy atom. The molecule has 3 fully saturated rings. The Kier molecular flexibility index (Phi) is 15.7. The van der Waals surface area contributed by atoms with Gasteiger partial charge in [-0.2, -0.15) is 9.97 Å². The maximum atomic E-state index is 15.3. The zero-order valence-electron chi connectivity index (χ0n) is 37.9. The van der Waals surface area contributed by atoms with E-state index in [-0.39, 0.29) is 81.0 Å². The maximum absolute atomic E-state index is 15.3. The fraction of sp³-hybridized carbons (Fsp3) is 0.629. The van der Waals surface area contributed by atoms with Gasteiger partial charge in [0.2, 0.25) is 5.95 Å². The number of aryl methyl sites for hydroxylation is 1. The number of nitrogens with one attached hydrogen (secondary N) is 3. The number of nitrogen functional groups attached to an aromatic ring is 2. The van der Waals surface area contributed by atoms with Crippen molar-refractivity contribution in [2.75, 3.05) is 113 Å². The zero-order valence-corrected chi connectivity index (χ0v) is 40.7. The lowest BCUT2D eigenvalue weighted by Gasteiger charge is -2.45. The molecule has 0 spiro atoms. The van der Waals surface area contributed by atoms with E-state index < -0.39 is 83.0 Å². The van der Waals surface area contributed by atoms with Crippen LogP contribution in [0.3, 0.4) is 0 Å². The Morgan fingerprint density at radius 1 is 0.776 bits per heavy atom. The largest absolute Gasteiger partial charge is 0.383 e. The highest BCUT2D eigenvalue weighted by molar-refractivity contribution is 7.54. The number of nitrogens with two attached hydrogens (primary N) is 2. The number of aromatic nitrogens is 8. The summed E-state index contributed by atoms with van der Waals surface area (Å²) >= 11 is 0. The first-order valence-corrected chi connectivity index (χ1v) is 25.2. The molecular formula is C35H57N16O13P3. The van der Waals surface area contributed by atoms with Crippen molar-refractivity contribution < 1.29 is 41.5 Å². The third kappa shape index (κ3) is 11.1. The fourth-order valence-electron chi connectivity index (χ4n) is 7.60. The number of ether oxygens (including phenoxy) is 3. The fourth-order valence-corrected chi connectivity index (χ4v) is 12.2. The first-order valence-electron chi connectivity index (χ1n) is 20.9. The number of imidazole rings is 1. The molecule has 3 saturated heterocycles. The summed E-state index contributed by atoms with van der Waals surface area (Å²) in [5.74, 6) is -0.122. The Balaban J connectivity index is 1.17. The summed E-state index contributed by atoms with van der Waals surface area (Å²) in [6.07, 6.45) is -1.37. The summed E-state index contributed by atoms with van der Waals surface area (Å²) in [5.41, 5.74) is 9.31. The third-order valence-corrected chi connectivity index (χ3v) is 17.2. The Labute approximate surface area is 383 Å². The third-order valence-electron chi connectivity index (χ3n) is 11.0. The highest BCUT2D eigenvalue weighted by Crippen LogP contribution is 2.57. The Bertz CT molecular complexity index is 2780. The lowest BCUT2D eigenvalue weighted by molar-refractivity contribution is -0.127. The SMILES string of the molecule is Cc1cn(C2CN(P(=O)(OCC3CN(P(=O)(OCC4CNCC(n5ccc(N)nc5=O)O4)N(C)C)CC(n4cnc5c(=O)[nH]c(N)nc54)O3)N(C)C)CC(CO[PH](=O)N(C)C)O2)c(=O)[nH]c1=O. The minimum Gasteiger partial charge on any atom is -0.383 e. The molecule has 67 heavy (non-hydrogen) atoms. The number of H-pyrrole nitrogens is 2. The van der Waals surface area contributed by atoms with Crippen molar-refractivity contribution in [3.63, 3.8) is 0 Å². The van der Waals surface area contributed by atoms with Gasteiger partial charge in [0, 0.05) is 44.1 Å². The van der Waals surface area contributed by atoms with Gasteiger partial charge in [-0.1, -0.05) is 0 Å². The van der Waals surface area contributed by atoms with E-state index in [1.807, 2.05) is 0 Å². The average molecular weight is 1000 g/mol. The van der Waals surface area contributed by atoms with Crippen molar-refractivity contribution in [1.29, 1.82) is 0 Å². The zero-order chi connectivity index (χ0) is 48.5. The minimum absolute atomic E-state index is 0.0354. The first kappa shape index (κ1) is 50.6. The van der Waals surface area contributed by atoms with Gasteiger partial charge in [0.05, 0.1) is 57.5 Å². The summed E-state index contributed by atoms with van der Waals surface area (Å²) in [5, 5.41) is 3.21. The van der Waals surface area contributed by atoms with Crippen LogP contribution < -0.4 is 39.3 Å². The van der Waals surface area contributed by atoms with Gasteiger partial charge in [0.25, 0.3) is 19.3 Å². The second-order valence-electron chi connectivity index (χ2n) is 16.6. The van der Waals surface area contributed by atoms with E-state index in [1.165, 1.54) is 64.1 Å². The van der Waals surface area contributed by atoms with Crippen molar-refractivity contribution in [1.82, 2.24) is 67.3 Å². The second-order valence-corrected chi connectivity index (χ2v) is 23.5. The van der Waals surface area contributed by atoms with Crippen LogP contribution in [-0.4, -0.2) is 182 Å². The smallest absolute Gasteiger partial charge is 0.351 e. The number of rotatable bonds is 17. The van der Waals surface area contributed by atoms with Crippen molar-refractivity contribution >= 4 is 46.4 Å². The molecule has 0 aromatic carbocycles. The molecule has 32 heteroatoms. The van der Waals surface area contributed by atoms with E-state index in [1.54, 1.807) is 47.0 Å². The van der Waals surface area contributed by atoms with Gasteiger partial charge in [-0.25, -0.2) is 37.9 Å². The van der Waals surface area contributed by atoms with Crippen molar-refractivity contribution in [2.45, 2.75) is 43.9 Å². The number of hydrogen-bond donors (Lipinski definition) is 5. The molecule has 370 valence electrons. The average Bonchev–Trinajstić information content (AvgIpc) is 3.71. The molecule has 0 bridgehead atoms. The molecule has 7 rings (SSSR count). The van der Waals surface area contributed by atoms with Crippen LogP contribution in [0.2, 0.25) is 0 Å². The van der Waals surface area contributed by atoms with Gasteiger partial charge < -0.3 is 44.6 Å². The first-order chi connectivity index (χ1) is 31.7. The molecule has 3 aliphatic heterocycles. The van der Waals surface area contributed by atoms with Gasteiger partial charge in [-0.3, -0.25) is 47.0 Å². The summed E-state index contributed by atoms with van der Waals surface area (Å²) in [7, 11) is -1.38. The standard InChI is InChI=1S/C35H57N16O13P3/c1-21-12-50(35(55)43-31(21)52)27-15-47(13-23(63-27)17-59-65(56)44(2)3)67(58,46(6)7)61-19-24-14-48(16-28(64-24)51-20-39-29-30(51)41-33(37)42-32(29)53)66(57,45(4)5)60-18-22-10-38-11-26(62-22)49-9-8-25(36)40-34(49)54/h8-9,12,20,22-24,26-28,38,65H,10-11,13-19H2,1-7H3,(H2,36,40,54)(H,43,52,55)(H3,37,41,42,53). The molecule has 3 aliphatic rings. The molecule has 0 saturated carbocycles. The van der Waals surface area contributed by atoms with Crippen LogP contribution in [-0.2, 0) is 41.5 Å². The van der Waals surface area contributed by atoms with Gasteiger partial charge in [0.1, 0.15) is 12.0 Å².